The number of aliphatic hydroxyl groups excluding tert-OH is 1. The predicted molar refractivity (Wildman–Crippen MR) is 87.4 cm³/mol. The summed E-state index contributed by atoms with van der Waals surface area (Å²) in [5.41, 5.74) is 0.210. The fraction of sp³-hybridized carbons (Fsp3) is 1.00. The van der Waals surface area contributed by atoms with Gasteiger partial charge in [0, 0.05) is 50.8 Å². The predicted octanol–water partition coefficient (Wildman–Crippen LogP) is 2.74. The van der Waals surface area contributed by atoms with E-state index in [1.807, 2.05) is 0 Å². The lowest BCUT2D eigenvalue weighted by Gasteiger charge is -2.45. The summed E-state index contributed by atoms with van der Waals surface area (Å²) in [6.07, 6.45) is 10.8. The summed E-state index contributed by atoms with van der Waals surface area (Å²) in [7, 11) is 0. The van der Waals surface area contributed by atoms with E-state index in [-0.39, 0.29) is 5.41 Å². The summed E-state index contributed by atoms with van der Waals surface area (Å²) in [4.78, 5) is 5.37. The second-order valence-electron chi connectivity index (χ2n) is 8.09. The van der Waals surface area contributed by atoms with Crippen LogP contribution in [0.25, 0.3) is 0 Å². The molecule has 0 aromatic rings. The quantitative estimate of drug-likeness (QED) is 0.863. The molecule has 2 saturated carbocycles. The van der Waals surface area contributed by atoms with Crippen LogP contribution >= 0.6 is 0 Å². The molecule has 21 heavy (non-hydrogen) atoms. The van der Waals surface area contributed by atoms with Gasteiger partial charge in [-0.2, -0.15) is 0 Å². The molecule has 3 nitrogen and oxygen atoms in total. The van der Waals surface area contributed by atoms with Crippen LogP contribution in [0.3, 0.4) is 0 Å². The third-order valence-corrected chi connectivity index (χ3v) is 6.48. The first-order valence-electron chi connectivity index (χ1n) is 9.28. The lowest BCUT2D eigenvalue weighted by atomic mass is 9.71. The number of nitrogens with zero attached hydrogens (tertiary/aromatic N) is 2. The molecule has 1 N–H and O–H groups in total. The van der Waals surface area contributed by atoms with Crippen molar-refractivity contribution >= 4 is 0 Å². The molecule has 0 amide bonds. The van der Waals surface area contributed by atoms with Gasteiger partial charge >= 0.3 is 0 Å². The van der Waals surface area contributed by atoms with E-state index in [0.717, 1.165) is 18.5 Å². The van der Waals surface area contributed by atoms with Crippen LogP contribution in [-0.4, -0.2) is 60.3 Å². The van der Waals surface area contributed by atoms with Crippen LogP contribution in [0.4, 0.5) is 0 Å². The summed E-state index contributed by atoms with van der Waals surface area (Å²) in [6.45, 7) is 8.83. The molecule has 3 heteroatoms. The number of aliphatic hydroxyl groups is 1. The summed E-state index contributed by atoms with van der Waals surface area (Å²) < 4.78 is 0. The van der Waals surface area contributed by atoms with Gasteiger partial charge in [0.2, 0.25) is 0 Å². The van der Waals surface area contributed by atoms with Gasteiger partial charge in [0.05, 0.1) is 0 Å². The third kappa shape index (κ3) is 3.80. The minimum Gasteiger partial charge on any atom is -0.396 e. The summed E-state index contributed by atoms with van der Waals surface area (Å²) in [5.74, 6) is 0.865. The van der Waals surface area contributed by atoms with E-state index in [0.29, 0.717) is 6.61 Å². The summed E-state index contributed by atoms with van der Waals surface area (Å²) in [6, 6.07) is 0.884. The van der Waals surface area contributed by atoms with Crippen LogP contribution in [0.2, 0.25) is 0 Å². The van der Waals surface area contributed by atoms with Crippen molar-refractivity contribution in [2.75, 3.05) is 39.3 Å². The van der Waals surface area contributed by atoms with Crippen molar-refractivity contribution in [2.45, 2.75) is 64.3 Å². The summed E-state index contributed by atoms with van der Waals surface area (Å²) >= 11 is 0. The van der Waals surface area contributed by atoms with Crippen molar-refractivity contribution in [1.29, 1.82) is 0 Å². The molecule has 3 aliphatic rings. The van der Waals surface area contributed by atoms with Gasteiger partial charge in [-0.15, -0.1) is 0 Å². The van der Waals surface area contributed by atoms with Crippen molar-refractivity contribution in [3.63, 3.8) is 0 Å². The maximum atomic E-state index is 9.95. The first-order chi connectivity index (χ1) is 10.2. The topological polar surface area (TPSA) is 26.7 Å². The second kappa shape index (κ2) is 6.97. The number of rotatable bonds is 4. The van der Waals surface area contributed by atoms with E-state index < -0.39 is 0 Å². The van der Waals surface area contributed by atoms with Crippen molar-refractivity contribution in [3.8, 4) is 0 Å². The highest BCUT2D eigenvalue weighted by Gasteiger charge is 2.36. The van der Waals surface area contributed by atoms with Gasteiger partial charge in [0.15, 0.2) is 0 Å². The largest absolute Gasteiger partial charge is 0.396 e. The summed E-state index contributed by atoms with van der Waals surface area (Å²) in [5, 5.41) is 9.95. The first kappa shape index (κ1) is 15.8. The van der Waals surface area contributed by atoms with E-state index >= 15 is 0 Å². The lowest BCUT2D eigenvalue weighted by Crippen LogP contribution is -2.53. The fourth-order valence-corrected chi connectivity index (χ4v) is 4.77. The highest BCUT2D eigenvalue weighted by atomic mass is 16.3. The van der Waals surface area contributed by atoms with Crippen LogP contribution < -0.4 is 0 Å². The minimum absolute atomic E-state index is 0.210. The molecule has 0 radical (unpaired) electrons. The molecule has 1 heterocycles. The third-order valence-electron chi connectivity index (χ3n) is 6.48. The number of hydrogen-bond donors (Lipinski definition) is 1. The Balaban J connectivity index is 1.47. The lowest BCUT2D eigenvalue weighted by molar-refractivity contribution is 0.00742. The maximum Gasteiger partial charge on any atom is 0.0499 e. The Morgan fingerprint density at radius 2 is 1.57 bits per heavy atom. The van der Waals surface area contributed by atoms with Gasteiger partial charge in [-0.05, 0) is 31.6 Å². The van der Waals surface area contributed by atoms with Crippen LogP contribution in [0.15, 0.2) is 0 Å². The highest BCUT2D eigenvalue weighted by Crippen LogP contribution is 2.39. The number of hydrogen-bond acceptors (Lipinski definition) is 3. The van der Waals surface area contributed by atoms with Crippen molar-refractivity contribution in [2.24, 2.45) is 11.3 Å². The van der Waals surface area contributed by atoms with E-state index in [9.17, 15) is 5.11 Å². The molecule has 0 bridgehead atoms. The van der Waals surface area contributed by atoms with Crippen molar-refractivity contribution in [3.05, 3.63) is 0 Å². The average molecular weight is 294 g/mol. The van der Waals surface area contributed by atoms with Crippen LogP contribution in [0, 0.1) is 11.3 Å². The fourth-order valence-electron chi connectivity index (χ4n) is 4.77. The smallest absolute Gasteiger partial charge is 0.0499 e. The molecule has 2 aliphatic carbocycles. The molecule has 122 valence electrons. The zero-order valence-electron chi connectivity index (χ0n) is 13.9. The molecular weight excluding hydrogens is 260 g/mol. The van der Waals surface area contributed by atoms with Gasteiger partial charge < -0.3 is 10.0 Å². The zero-order valence-corrected chi connectivity index (χ0v) is 13.9. The average Bonchev–Trinajstić information content (AvgIpc) is 3.05. The molecular formula is C18H34N2O. The Labute approximate surface area is 130 Å². The van der Waals surface area contributed by atoms with Crippen molar-refractivity contribution < 1.29 is 5.11 Å². The first-order valence-corrected chi connectivity index (χ1v) is 9.28. The van der Waals surface area contributed by atoms with Gasteiger partial charge in [-0.3, -0.25) is 4.90 Å². The Bertz CT molecular complexity index is 311. The molecule has 0 atom stereocenters. The van der Waals surface area contributed by atoms with Crippen LogP contribution in [0.1, 0.15) is 58.3 Å². The molecule has 0 aromatic heterocycles. The van der Waals surface area contributed by atoms with Crippen LogP contribution in [-0.2, 0) is 0 Å². The standard InChI is InChI=1S/C18H34N2O/c1-16-6-8-18(15-21,9-7-16)14-19-10-12-20(13-11-19)17-4-2-3-5-17/h16-17,21H,2-15H2,1H3. The normalized spacial score (nSPS) is 37.1. The molecule has 1 aliphatic heterocycles. The van der Waals surface area contributed by atoms with E-state index in [4.69, 9.17) is 0 Å². The second-order valence-corrected chi connectivity index (χ2v) is 8.09. The zero-order chi connectivity index (χ0) is 14.7. The monoisotopic (exact) mass is 294 g/mol. The Morgan fingerprint density at radius 3 is 2.14 bits per heavy atom. The maximum absolute atomic E-state index is 9.95. The van der Waals surface area contributed by atoms with Gasteiger partial charge in [0.1, 0.15) is 0 Å². The molecule has 0 aromatic carbocycles. The molecule has 1 saturated heterocycles. The van der Waals surface area contributed by atoms with Crippen molar-refractivity contribution in [1.82, 2.24) is 9.80 Å². The Morgan fingerprint density at radius 1 is 0.952 bits per heavy atom. The number of piperazine rings is 1. The van der Waals surface area contributed by atoms with Gasteiger partial charge in [-0.25, -0.2) is 0 Å². The van der Waals surface area contributed by atoms with E-state index in [1.54, 1.807) is 0 Å². The van der Waals surface area contributed by atoms with Gasteiger partial charge in [-0.1, -0.05) is 32.6 Å². The molecule has 0 unspecified atom stereocenters. The Kier molecular flexibility index (Phi) is 5.23. The molecule has 3 fully saturated rings. The van der Waals surface area contributed by atoms with Crippen LogP contribution in [0.5, 0.6) is 0 Å². The van der Waals surface area contributed by atoms with E-state index in [1.165, 1.54) is 77.5 Å². The Hall–Kier alpha value is -0.120. The molecule has 3 rings (SSSR count). The van der Waals surface area contributed by atoms with E-state index in [2.05, 4.69) is 16.7 Å². The minimum atomic E-state index is 0.210. The van der Waals surface area contributed by atoms with Gasteiger partial charge in [0.25, 0.3) is 0 Å². The molecule has 0 spiro atoms. The highest BCUT2D eigenvalue weighted by molar-refractivity contribution is 4.89. The SMILES string of the molecule is CC1CCC(CO)(CN2CCN(C3CCCC3)CC2)CC1.